The number of carbonyl (C=O) groups is 1. The number of β-amino-alcohol motifs (C(OH)–C–C–N with tert-alkyl or cyclic N) is 1. The molecule has 2 N–H and O–H groups in total. The van der Waals surface area contributed by atoms with Crippen LogP contribution in [0.3, 0.4) is 0 Å². The molecule has 1 aliphatic rings. The summed E-state index contributed by atoms with van der Waals surface area (Å²) in [6.07, 6.45) is 1.75. The van der Waals surface area contributed by atoms with E-state index < -0.39 is 6.10 Å². The van der Waals surface area contributed by atoms with Gasteiger partial charge in [0.15, 0.2) is 0 Å². The maximum Gasteiger partial charge on any atom is 0.252 e. The summed E-state index contributed by atoms with van der Waals surface area (Å²) in [5.74, 6) is 0.466. The monoisotopic (exact) mass is 344 g/mol. The van der Waals surface area contributed by atoms with E-state index in [9.17, 15) is 9.90 Å². The van der Waals surface area contributed by atoms with Gasteiger partial charge in [-0.05, 0) is 50.0 Å². The molecule has 2 rings (SSSR count). The van der Waals surface area contributed by atoms with Crippen LogP contribution in [0, 0.1) is 5.92 Å². The minimum atomic E-state index is -0.580. The third-order valence-electron chi connectivity index (χ3n) is 4.02. The second-order valence-corrected chi connectivity index (χ2v) is 6.81. The largest absolute Gasteiger partial charge is 0.390 e. The summed E-state index contributed by atoms with van der Waals surface area (Å²) < 4.78 is 0. The van der Waals surface area contributed by atoms with Crippen LogP contribution in [0.15, 0.2) is 18.2 Å². The molecule has 6 heteroatoms. The number of piperidine rings is 1. The van der Waals surface area contributed by atoms with Crippen molar-refractivity contribution in [2.45, 2.75) is 25.9 Å². The van der Waals surface area contributed by atoms with Crippen LogP contribution < -0.4 is 5.32 Å². The van der Waals surface area contributed by atoms with Crippen LogP contribution in [0.2, 0.25) is 10.0 Å². The number of likely N-dealkylation sites (tertiary alicyclic amines) is 1. The number of nitrogens with one attached hydrogen (secondary N) is 1. The summed E-state index contributed by atoms with van der Waals surface area (Å²) in [6, 6.07) is 4.73. The minimum absolute atomic E-state index is 0.212. The first-order valence-corrected chi connectivity index (χ1v) is 8.35. The third kappa shape index (κ3) is 5.13. The summed E-state index contributed by atoms with van der Waals surface area (Å²) >= 11 is 11.8. The number of amides is 1. The smallest absolute Gasteiger partial charge is 0.252 e. The normalized spacial score (nSPS) is 18.2. The first-order valence-electron chi connectivity index (χ1n) is 7.59. The fraction of sp³-hybridized carbons (Fsp3) is 0.562. The summed E-state index contributed by atoms with van der Waals surface area (Å²) in [6.45, 7) is 5.07. The average molecular weight is 345 g/mol. The molecule has 0 saturated carbocycles. The minimum Gasteiger partial charge on any atom is -0.390 e. The fourth-order valence-corrected chi connectivity index (χ4v) is 3.08. The van der Waals surface area contributed by atoms with Gasteiger partial charge in [0.05, 0.1) is 16.7 Å². The van der Waals surface area contributed by atoms with E-state index in [4.69, 9.17) is 23.2 Å². The maximum atomic E-state index is 12.1. The molecule has 1 aromatic rings. The van der Waals surface area contributed by atoms with Gasteiger partial charge in [-0.2, -0.15) is 0 Å². The summed E-state index contributed by atoms with van der Waals surface area (Å²) in [5, 5.41) is 13.6. The molecule has 0 spiro atoms. The maximum absolute atomic E-state index is 12.1. The molecule has 1 aliphatic heterocycles. The van der Waals surface area contributed by atoms with E-state index in [2.05, 4.69) is 17.1 Å². The van der Waals surface area contributed by atoms with Crippen LogP contribution in [-0.2, 0) is 0 Å². The number of hydrogen-bond donors (Lipinski definition) is 2. The van der Waals surface area contributed by atoms with Gasteiger partial charge in [-0.15, -0.1) is 0 Å². The lowest BCUT2D eigenvalue weighted by molar-refractivity contribution is 0.0795. The Morgan fingerprint density at radius 1 is 1.41 bits per heavy atom. The highest BCUT2D eigenvalue weighted by Crippen LogP contribution is 2.20. The molecular weight excluding hydrogens is 323 g/mol. The van der Waals surface area contributed by atoms with E-state index in [1.807, 2.05) is 0 Å². The van der Waals surface area contributed by atoms with E-state index in [0.29, 0.717) is 22.2 Å². The molecule has 1 amide bonds. The quantitative estimate of drug-likeness (QED) is 0.863. The Hall–Kier alpha value is -0.810. The first-order chi connectivity index (χ1) is 10.5. The molecule has 1 saturated heterocycles. The van der Waals surface area contributed by atoms with Gasteiger partial charge in [-0.1, -0.05) is 30.1 Å². The standard InChI is InChI=1S/C16H22Cl2N2O2/c1-11-4-6-20(7-5-11)10-13(21)9-19-16(22)14-3-2-12(17)8-15(14)18/h2-3,8,11,13,21H,4-7,9-10H2,1H3,(H,19,22)/t13-/m0/s1. The van der Waals surface area contributed by atoms with Gasteiger partial charge in [-0.25, -0.2) is 0 Å². The Morgan fingerprint density at radius 2 is 2.09 bits per heavy atom. The Kier molecular flexibility index (Phi) is 6.50. The van der Waals surface area contributed by atoms with Crippen molar-refractivity contribution >= 4 is 29.1 Å². The van der Waals surface area contributed by atoms with Gasteiger partial charge in [0.25, 0.3) is 5.91 Å². The van der Waals surface area contributed by atoms with Gasteiger partial charge in [0.1, 0.15) is 0 Å². The highest BCUT2D eigenvalue weighted by atomic mass is 35.5. The Balaban J connectivity index is 1.78. The molecule has 0 aromatic heterocycles. The van der Waals surface area contributed by atoms with Crippen LogP contribution >= 0.6 is 23.2 Å². The van der Waals surface area contributed by atoms with Crippen molar-refractivity contribution < 1.29 is 9.90 Å². The Bertz CT molecular complexity index is 517. The van der Waals surface area contributed by atoms with E-state index in [-0.39, 0.29) is 12.5 Å². The van der Waals surface area contributed by atoms with Gasteiger partial charge < -0.3 is 15.3 Å². The van der Waals surface area contributed by atoms with Crippen LogP contribution in [0.25, 0.3) is 0 Å². The molecule has 22 heavy (non-hydrogen) atoms. The fourth-order valence-electron chi connectivity index (χ4n) is 2.59. The predicted molar refractivity (Wildman–Crippen MR) is 89.6 cm³/mol. The third-order valence-corrected chi connectivity index (χ3v) is 4.57. The van der Waals surface area contributed by atoms with Crippen molar-refractivity contribution in [1.82, 2.24) is 10.2 Å². The Morgan fingerprint density at radius 3 is 2.73 bits per heavy atom. The number of halogens is 2. The highest BCUT2D eigenvalue weighted by Gasteiger charge is 2.19. The molecule has 1 heterocycles. The molecule has 1 aromatic carbocycles. The average Bonchev–Trinajstić information content (AvgIpc) is 2.47. The van der Waals surface area contributed by atoms with Crippen LogP contribution in [0.1, 0.15) is 30.1 Å². The van der Waals surface area contributed by atoms with Crippen LogP contribution in [0.4, 0.5) is 0 Å². The molecular formula is C16H22Cl2N2O2. The van der Waals surface area contributed by atoms with E-state index in [1.165, 1.54) is 18.9 Å². The second kappa shape index (κ2) is 8.16. The van der Waals surface area contributed by atoms with Crippen molar-refractivity contribution in [3.63, 3.8) is 0 Å². The zero-order valence-electron chi connectivity index (χ0n) is 12.7. The number of aliphatic hydroxyl groups excluding tert-OH is 1. The van der Waals surface area contributed by atoms with Gasteiger partial charge in [-0.3, -0.25) is 4.79 Å². The number of benzene rings is 1. The van der Waals surface area contributed by atoms with Crippen LogP contribution in [0.5, 0.6) is 0 Å². The topological polar surface area (TPSA) is 52.6 Å². The predicted octanol–water partition coefficient (Wildman–Crippen LogP) is 2.82. The van der Waals surface area contributed by atoms with Crippen molar-refractivity contribution in [3.8, 4) is 0 Å². The lowest BCUT2D eigenvalue weighted by atomic mass is 9.99. The summed E-state index contributed by atoms with van der Waals surface area (Å²) in [7, 11) is 0. The molecule has 0 radical (unpaired) electrons. The SMILES string of the molecule is CC1CCN(C[C@@H](O)CNC(=O)c2ccc(Cl)cc2Cl)CC1. The van der Waals surface area contributed by atoms with Crippen molar-refractivity contribution in [2.24, 2.45) is 5.92 Å². The number of carbonyl (C=O) groups excluding carboxylic acids is 1. The molecule has 1 atom stereocenters. The van der Waals surface area contributed by atoms with E-state index in [0.717, 1.165) is 19.0 Å². The van der Waals surface area contributed by atoms with E-state index >= 15 is 0 Å². The molecule has 0 unspecified atom stereocenters. The van der Waals surface area contributed by atoms with Crippen molar-refractivity contribution in [3.05, 3.63) is 33.8 Å². The Labute approximate surface area is 141 Å². The summed E-state index contributed by atoms with van der Waals surface area (Å²) in [5.41, 5.74) is 0.366. The van der Waals surface area contributed by atoms with Gasteiger partial charge in [0.2, 0.25) is 0 Å². The zero-order valence-corrected chi connectivity index (χ0v) is 14.2. The van der Waals surface area contributed by atoms with Crippen molar-refractivity contribution in [1.29, 1.82) is 0 Å². The number of rotatable bonds is 5. The number of nitrogens with zero attached hydrogens (tertiary/aromatic N) is 1. The van der Waals surface area contributed by atoms with Gasteiger partial charge in [0, 0.05) is 18.1 Å². The lowest BCUT2D eigenvalue weighted by Crippen LogP contribution is -2.43. The molecule has 0 bridgehead atoms. The van der Waals surface area contributed by atoms with E-state index in [1.54, 1.807) is 12.1 Å². The molecule has 1 fully saturated rings. The number of aliphatic hydroxyl groups is 1. The highest BCUT2D eigenvalue weighted by molar-refractivity contribution is 6.36. The molecule has 4 nitrogen and oxygen atoms in total. The number of hydrogen-bond acceptors (Lipinski definition) is 3. The second-order valence-electron chi connectivity index (χ2n) is 5.97. The zero-order chi connectivity index (χ0) is 16.1. The first kappa shape index (κ1) is 17.5. The summed E-state index contributed by atoms with van der Waals surface area (Å²) in [4.78, 5) is 14.3. The molecule has 122 valence electrons. The van der Waals surface area contributed by atoms with Crippen LogP contribution in [-0.4, -0.2) is 48.2 Å². The lowest BCUT2D eigenvalue weighted by Gasteiger charge is -2.31. The van der Waals surface area contributed by atoms with Crippen molar-refractivity contribution in [2.75, 3.05) is 26.2 Å². The van der Waals surface area contributed by atoms with Gasteiger partial charge >= 0.3 is 0 Å². The molecule has 0 aliphatic carbocycles.